The number of sulfonamides is 1. The van der Waals surface area contributed by atoms with E-state index < -0.39 is 10.0 Å². The molecule has 0 aliphatic rings. The molecular weight excluding hydrogens is 416 g/mol. The predicted octanol–water partition coefficient (Wildman–Crippen LogP) is 2.91. The number of hydrogen-bond acceptors (Lipinski definition) is 5. The molecule has 0 heterocycles. The predicted molar refractivity (Wildman–Crippen MR) is 112 cm³/mol. The molecule has 0 atom stereocenters. The number of aryl methyl sites for hydroxylation is 1. The van der Waals surface area contributed by atoms with Crippen LogP contribution in [-0.2, 0) is 14.8 Å². The number of carbonyl (C=O) groups is 1. The van der Waals surface area contributed by atoms with E-state index in [2.05, 4.69) is 10.0 Å². The Labute approximate surface area is 176 Å². The molecule has 0 radical (unpaired) electrons. The summed E-state index contributed by atoms with van der Waals surface area (Å²) in [5.74, 6) is 1.12. The molecule has 0 aliphatic heterocycles. The number of carbonyl (C=O) groups excluding carboxylic acids is 1. The molecular formula is C20H25ClN2O5S. The first-order valence-corrected chi connectivity index (χ1v) is 11.0. The first-order valence-electron chi connectivity index (χ1n) is 9.11. The highest BCUT2D eigenvalue weighted by Crippen LogP contribution is 2.21. The molecule has 2 aromatic carbocycles. The van der Waals surface area contributed by atoms with Crippen LogP contribution in [-0.4, -0.2) is 41.1 Å². The molecule has 0 fully saturated rings. The first-order chi connectivity index (χ1) is 13.8. The molecule has 0 aliphatic carbocycles. The summed E-state index contributed by atoms with van der Waals surface area (Å²) in [4.78, 5) is 12.0. The minimum Gasteiger partial charge on any atom is -0.497 e. The average molecular weight is 441 g/mol. The third-order valence-electron chi connectivity index (χ3n) is 4.06. The number of methoxy groups -OCH3 is 1. The van der Waals surface area contributed by atoms with Crippen molar-refractivity contribution in [1.82, 2.24) is 10.0 Å². The SMILES string of the molecule is COc1ccc(S(=O)(=O)NCCNC(=O)CCCOc2ccc(Cl)c(C)c2)cc1. The lowest BCUT2D eigenvalue weighted by Crippen LogP contribution is -2.34. The fraction of sp³-hybridized carbons (Fsp3) is 0.350. The van der Waals surface area contributed by atoms with Crippen molar-refractivity contribution in [2.45, 2.75) is 24.7 Å². The molecule has 0 aromatic heterocycles. The molecule has 0 saturated heterocycles. The van der Waals surface area contributed by atoms with E-state index in [1.165, 1.54) is 19.2 Å². The number of halogens is 1. The Morgan fingerprint density at radius 3 is 2.41 bits per heavy atom. The van der Waals surface area contributed by atoms with Gasteiger partial charge in [-0.25, -0.2) is 13.1 Å². The fourth-order valence-electron chi connectivity index (χ4n) is 2.44. The minimum absolute atomic E-state index is 0.0979. The second-order valence-electron chi connectivity index (χ2n) is 6.29. The molecule has 7 nitrogen and oxygen atoms in total. The first kappa shape index (κ1) is 23.0. The molecule has 1 amide bonds. The van der Waals surface area contributed by atoms with E-state index >= 15 is 0 Å². The molecule has 0 unspecified atom stereocenters. The summed E-state index contributed by atoms with van der Waals surface area (Å²) in [6.45, 7) is 2.59. The Morgan fingerprint density at radius 1 is 1.07 bits per heavy atom. The van der Waals surface area contributed by atoms with Crippen LogP contribution in [0.25, 0.3) is 0 Å². The van der Waals surface area contributed by atoms with E-state index in [1.807, 2.05) is 13.0 Å². The number of ether oxygens (including phenoxy) is 2. The van der Waals surface area contributed by atoms with E-state index in [9.17, 15) is 13.2 Å². The topological polar surface area (TPSA) is 93.7 Å². The molecule has 2 N–H and O–H groups in total. The summed E-state index contributed by atoms with van der Waals surface area (Å²) in [6.07, 6.45) is 0.836. The zero-order valence-corrected chi connectivity index (χ0v) is 18.0. The van der Waals surface area contributed by atoms with Crippen molar-refractivity contribution in [3.63, 3.8) is 0 Å². The number of hydrogen-bond donors (Lipinski definition) is 2. The van der Waals surface area contributed by atoms with Crippen molar-refractivity contribution in [3.05, 3.63) is 53.1 Å². The van der Waals surface area contributed by atoms with Gasteiger partial charge in [-0.2, -0.15) is 0 Å². The zero-order chi connectivity index (χ0) is 21.3. The lowest BCUT2D eigenvalue weighted by Gasteiger charge is -2.09. The van der Waals surface area contributed by atoms with Crippen molar-refractivity contribution in [2.24, 2.45) is 0 Å². The van der Waals surface area contributed by atoms with Gasteiger partial charge < -0.3 is 14.8 Å². The number of rotatable bonds is 11. The monoisotopic (exact) mass is 440 g/mol. The van der Waals surface area contributed by atoms with Crippen molar-refractivity contribution in [1.29, 1.82) is 0 Å². The quantitative estimate of drug-likeness (QED) is 0.524. The smallest absolute Gasteiger partial charge is 0.240 e. The normalized spacial score (nSPS) is 11.1. The minimum atomic E-state index is -3.63. The summed E-state index contributed by atoms with van der Waals surface area (Å²) in [6, 6.07) is 11.5. The van der Waals surface area contributed by atoms with Gasteiger partial charge in [0.05, 0.1) is 18.6 Å². The van der Waals surface area contributed by atoms with Gasteiger partial charge in [0, 0.05) is 24.5 Å². The molecule has 158 valence electrons. The van der Waals surface area contributed by atoms with Crippen LogP contribution in [0.1, 0.15) is 18.4 Å². The Morgan fingerprint density at radius 2 is 1.76 bits per heavy atom. The van der Waals surface area contributed by atoms with Crippen LogP contribution in [0.5, 0.6) is 11.5 Å². The second-order valence-corrected chi connectivity index (χ2v) is 8.46. The lowest BCUT2D eigenvalue weighted by atomic mass is 10.2. The van der Waals surface area contributed by atoms with Crippen LogP contribution in [0.4, 0.5) is 0 Å². The van der Waals surface area contributed by atoms with Crippen LogP contribution >= 0.6 is 11.6 Å². The Bertz CT molecular complexity index is 917. The van der Waals surface area contributed by atoms with E-state index in [4.69, 9.17) is 21.1 Å². The van der Waals surface area contributed by atoms with Crippen LogP contribution in [0, 0.1) is 6.92 Å². The van der Waals surface area contributed by atoms with Crippen molar-refractivity contribution in [2.75, 3.05) is 26.8 Å². The fourth-order valence-corrected chi connectivity index (χ4v) is 3.59. The van der Waals surface area contributed by atoms with Gasteiger partial charge in [-0.15, -0.1) is 0 Å². The third kappa shape index (κ3) is 7.56. The van der Waals surface area contributed by atoms with Crippen molar-refractivity contribution < 1.29 is 22.7 Å². The number of benzene rings is 2. The molecule has 0 bridgehead atoms. The lowest BCUT2D eigenvalue weighted by molar-refractivity contribution is -0.121. The number of amides is 1. The number of nitrogens with one attached hydrogen (secondary N) is 2. The Hall–Kier alpha value is -2.29. The summed E-state index contributed by atoms with van der Waals surface area (Å²) in [5, 5.41) is 3.36. The average Bonchev–Trinajstić information content (AvgIpc) is 2.71. The van der Waals surface area contributed by atoms with Gasteiger partial charge in [0.25, 0.3) is 0 Å². The maximum Gasteiger partial charge on any atom is 0.240 e. The highest BCUT2D eigenvalue weighted by Gasteiger charge is 2.13. The maximum atomic E-state index is 12.2. The van der Waals surface area contributed by atoms with Gasteiger partial charge in [0.2, 0.25) is 15.9 Å². The molecule has 2 aromatic rings. The molecule has 0 saturated carbocycles. The van der Waals surface area contributed by atoms with E-state index in [0.29, 0.717) is 29.5 Å². The summed E-state index contributed by atoms with van der Waals surface area (Å²) in [5.41, 5.74) is 0.930. The summed E-state index contributed by atoms with van der Waals surface area (Å²) >= 11 is 5.96. The van der Waals surface area contributed by atoms with E-state index in [-0.39, 0.29) is 30.3 Å². The van der Waals surface area contributed by atoms with Crippen molar-refractivity contribution >= 4 is 27.5 Å². The second kappa shape index (κ2) is 11.0. The summed E-state index contributed by atoms with van der Waals surface area (Å²) in [7, 11) is -2.12. The zero-order valence-electron chi connectivity index (χ0n) is 16.4. The molecule has 0 spiro atoms. The van der Waals surface area contributed by atoms with Crippen molar-refractivity contribution in [3.8, 4) is 11.5 Å². The van der Waals surface area contributed by atoms with Gasteiger partial charge in [-0.3, -0.25) is 4.79 Å². The third-order valence-corrected chi connectivity index (χ3v) is 5.96. The van der Waals surface area contributed by atoms with E-state index in [0.717, 1.165) is 5.56 Å². The van der Waals surface area contributed by atoms with Crippen LogP contribution in [0.2, 0.25) is 5.02 Å². The maximum absolute atomic E-state index is 12.2. The van der Waals surface area contributed by atoms with Crippen LogP contribution in [0.3, 0.4) is 0 Å². The molecule has 29 heavy (non-hydrogen) atoms. The highest BCUT2D eigenvalue weighted by atomic mass is 35.5. The van der Waals surface area contributed by atoms with E-state index in [1.54, 1.807) is 24.3 Å². The molecule has 2 rings (SSSR count). The summed E-state index contributed by atoms with van der Waals surface area (Å²) < 4.78 is 37.4. The van der Waals surface area contributed by atoms with Gasteiger partial charge in [-0.05, 0) is 61.4 Å². The van der Waals surface area contributed by atoms with Gasteiger partial charge in [0.15, 0.2) is 0 Å². The van der Waals surface area contributed by atoms with Gasteiger partial charge in [0.1, 0.15) is 11.5 Å². The largest absolute Gasteiger partial charge is 0.497 e. The van der Waals surface area contributed by atoms with Gasteiger partial charge in [-0.1, -0.05) is 11.6 Å². The Balaban J connectivity index is 1.63. The van der Waals surface area contributed by atoms with Crippen LogP contribution in [0.15, 0.2) is 47.4 Å². The van der Waals surface area contributed by atoms with Crippen LogP contribution < -0.4 is 19.5 Å². The standard InChI is InChI=1S/C20H25ClN2O5S/c1-15-14-17(7-10-19(15)21)28-13-3-4-20(24)22-11-12-23-29(25,26)18-8-5-16(27-2)6-9-18/h5-10,14,23H,3-4,11-13H2,1-2H3,(H,22,24). The highest BCUT2D eigenvalue weighted by molar-refractivity contribution is 7.89. The van der Waals surface area contributed by atoms with Gasteiger partial charge >= 0.3 is 0 Å². The molecule has 9 heteroatoms. The Kier molecular flexibility index (Phi) is 8.75.